The molecule has 0 amide bonds. The Hall–Kier alpha value is -1.59. The number of rotatable bonds is 2. The van der Waals surface area contributed by atoms with E-state index in [4.69, 9.17) is 4.98 Å². The van der Waals surface area contributed by atoms with Crippen molar-refractivity contribution in [1.82, 2.24) is 9.55 Å². The molecule has 136 valence electrons. The SMILES string of the molecule is CSc1nc2sc3c(c2c(=O)n1-c1ccccc1)CC[C@@H](C(C)(C)C)C3. The molecule has 3 aromatic rings. The van der Waals surface area contributed by atoms with Gasteiger partial charge in [0.2, 0.25) is 0 Å². The van der Waals surface area contributed by atoms with Crippen molar-refractivity contribution in [2.75, 3.05) is 6.26 Å². The van der Waals surface area contributed by atoms with Gasteiger partial charge in [0.25, 0.3) is 5.56 Å². The molecule has 0 aliphatic heterocycles. The molecule has 2 aromatic heterocycles. The van der Waals surface area contributed by atoms with Crippen LogP contribution >= 0.6 is 23.1 Å². The lowest BCUT2D eigenvalue weighted by atomic mass is 9.72. The number of para-hydroxylation sites is 1. The van der Waals surface area contributed by atoms with Gasteiger partial charge in [0.1, 0.15) is 4.83 Å². The zero-order chi connectivity index (χ0) is 18.5. The topological polar surface area (TPSA) is 34.9 Å². The minimum absolute atomic E-state index is 0.0808. The maximum atomic E-state index is 13.4. The summed E-state index contributed by atoms with van der Waals surface area (Å²) >= 11 is 3.26. The molecule has 1 aromatic carbocycles. The van der Waals surface area contributed by atoms with Gasteiger partial charge in [-0.25, -0.2) is 4.98 Å². The highest BCUT2D eigenvalue weighted by Gasteiger charge is 2.32. The van der Waals surface area contributed by atoms with E-state index in [1.807, 2.05) is 36.6 Å². The van der Waals surface area contributed by atoms with E-state index in [1.54, 1.807) is 15.9 Å². The Morgan fingerprint density at radius 2 is 1.96 bits per heavy atom. The van der Waals surface area contributed by atoms with Crippen LogP contribution in [0.5, 0.6) is 0 Å². The van der Waals surface area contributed by atoms with E-state index < -0.39 is 0 Å². The fraction of sp³-hybridized carbons (Fsp3) is 0.429. The molecule has 1 aliphatic rings. The molecule has 0 N–H and O–H groups in total. The molecule has 2 heterocycles. The number of thioether (sulfide) groups is 1. The van der Waals surface area contributed by atoms with E-state index in [9.17, 15) is 4.79 Å². The minimum atomic E-state index is 0.0808. The van der Waals surface area contributed by atoms with E-state index in [2.05, 4.69) is 20.8 Å². The second kappa shape index (κ2) is 6.54. The molecule has 0 unspecified atom stereocenters. The van der Waals surface area contributed by atoms with Crippen molar-refractivity contribution in [1.29, 1.82) is 0 Å². The number of nitrogens with zero attached hydrogens (tertiary/aromatic N) is 2. The maximum absolute atomic E-state index is 13.4. The standard InChI is InChI=1S/C21H24N2OS2/c1-21(2,3)13-10-11-15-16(12-13)26-18-17(15)19(24)23(20(22-18)25-4)14-8-6-5-7-9-14/h5-9,13H,10-12H2,1-4H3/t13-/m1/s1. The summed E-state index contributed by atoms with van der Waals surface area (Å²) in [5.74, 6) is 0.666. The van der Waals surface area contributed by atoms with Gasteiger partial charge in [-0.1, -0.05) is 50.7 Å². The lowest BCUT2D eigenvalue weighted by Crippen LogP contribution is -2.27. The fourth-order valence-electron chi connectivity index (χ4n) is 3.89. The van der Waals surface area contributed by atoms with Crippen molar-refractivity contribution in [3.05, 3.63) is 51.1 Å². The second-order valence-electron chi connectivity index (χ2n) is 8.06. The summed E-state index contributed by atoms with van der Waals surface area (Å²) in [4.78, 5) is 20.6. The number of thiophene rings is 1. The number of hydrogen-bond acceptors (Lipinski definition) is 4. The van der Waals surface area contributed by atoms with Crippen molar-refractivity contribution < 1.29 is 0 Å². The van der Waals surface area contributed by atoms with E-state index in [-0.39, 0.29) is 5.56 Å². The largest absolute Gasteiger partial charge is 0.268 e. The minimum Gasteiger partial charge on any atom is -0.268 e. The van der Waals surface area contributed by atoms with Gasteiger partial charge >= 0.3 is 0 Å². The fourth-order valence-corrected chi connectivity index (χ4v) is 5.79. The summed E-state index contributed by atoms with van der Waals surface area (Å²) in [6.45, 7) is 6.97. The van der Waals surface area contributed by atoms with Gasteiger partial charge in [0.15, 0.2) is 5.16 Å². The zero-order valence-corrected chi connectivity index (χ0v) is 17.3. The van der Waals surface area contributed by atoms with Gasteiger partial charge in [-0.05, 0) is 54.5 Å². The van der Waals surface area contributed by atoms with Gasteiger partial charge in [-0.2, -0.15) is 0 Å². The first-order chi connectivity index (χ1) is 12.4. The molecule has 0 saturated heterocycles. The summed E-state index contributed by atoms with van der Waals surface area (Å²) in [6, 6.07) is 9.85. The first kappa shape index (κ1) is 17.8. The lowest BCUT2D eigenvalue weighted by Gasteiger charge is -2.33. The van der Waals surface area contributed by atoms with Crippen LogP contribution in [-0.4, -0.2) is 15.8 Å². The third kappa shape index (κ3) is 2.91. The van der Waals surface area contributed by atoms with E-state index in [0.717, 1.165) is 40.3 Å². The maximum Gasteiger partial charge on any atom is 0.267 e. The van der Waals surface area contributed by atoms with Gasteiger partial charge in [0, 0.05) is 4.88 Å². The van der Waals surface area contributed by atoms with E-state index in [1.165, 1.54) is 22.2 Å². The summed E-state index contributed by atoms with van der Waals surface area (Å²) < 4.78 is 1.77. The van der Waals surface area contributed by atoms with E-state index in [0.29, 0.717) is 11.3 Å². The Kier molecular flexibility index (Phi) is 4.48. The number of aromatic nitrogens is 2. The molecular weight excluding hydrogens is 360 g/mol. The molecule has 0 bridgehead atoms. The highest BCUT2D eigenvalue weighted by atomic mass is 32.2. The molecule has 3 nitrogen and oxygen atoms in total. The number of aryl methyl sites for hydroxylation is 1. The Bertz CT molecular complexity index is 1010. The molecule has 0 fully saturated rings. The highest BCUT2D eigenvalue weighted by molar-refractivity contribution is 7.98. The normalized spacial score (nSPS) is 17.5. The Morgan fingerprint density at radius 1 is 1.23 bits per heavy atom. The summed E-state index contributed by atoms with van der Waals surface area (Å²) in [5.41, 5.74) is 2.52. The molecule has 0 radical (unpaired) electrons. The Balaban J connectivity index is 1.93. The van der Waals surface area contributed by atoms with Gasteiger partial charge in [-0.15, -0.1) is 11.3 Å². The number of benzene rings is 1. The average molecular weight is 385 g/mol. The first-order valence-corrected chi connectivity index (χ1v) is 11.1. The van der Waals surface area contributed by atoms with Crippen LogP contribution < -0.4 is 5.56 Å². The molecular formula is C21H24N2OS2. The third-order valence-electron chi connectivity index (χ3n) is 5.47. The first-order valence-electron chi connectivity index (χ1n) is 9.07. The van der Waals surface area contributed by atoms with Crippen molar-refractivity contribution in [3.8, 4) is 5.69 Å². The predicted molar refractivity (Wildman–Crippen MR) is 112 cm³/mol. The van der Waals surface area contributed by atoms with Gasteiger partial charge in [-0.3, -0.25) is 9.36 Å². The predicted octanol–water partition coefficient (Wildman–Crippen LogP) is 5.32. The quantitative estimate of drug-likeness (QED) is 0.443. The Labute approximate surface area is 162 Å². The smallest absolute Gasteiger partial charge is 0.267 e. The Morgan fingerprint density at radius 3 is 2.62 bits per heavy atom. The summed E-state index contributed by atoms with van der Waals surface area (Å²) in [7, 11) is 0. The number of fused-ring (bicyclic) bond motifs is 3. The van der Waals surface area contributed by atoms with Crippen LogP contribution in [0.15, 0.2) is 40.3 Å². The molecule has 5 heteroatoms. The van der Waals surface area contributed by atoms with Crippen LogP contribution in [0.2, 0.25) is 0 Å². The van der Waals surface area contributed by atoms with Crippen LogP contribution in [0.1, 0.15) is 37.6 Å². The molecule has 4 rings (SSSR count). The van der Waals surface area contributed by atoms with Gasteiger partial charge in [0.05, 0.1) is 11.1 Å². The summed E-state index contributed by atoms with van der Waals surface area (Å²) in [6.07, 6.45) is 5.19. The number of hydrogen-bond donors (Lipinski definition) is 0. The van der Waals surface area contributed by atoms with Crippen molar-refractivity contribution in [3.63, 3.8) is 0 Å². The van der Waals surface area contributed by atoms with Crippen molar-refractivity contribution in [2.24, 2.45) is 11.3 Å². The van der Waals surface area contributed by atoms with Crippen LogP contribution in [0.25, 0.3) is 15.9 Å². The summed E-state index contributed by atoms with van der Waals surface area (Å²) in [5, 5.41) is 1.61. The van der Waals surface area contributed by atoms with Crippen molar-refractivity contribution >= 4 is 33.3 Å². The third-order valence-corrected chi connectivity index (χ3v) is 7.26. The molecule has 0 spiro atoms. The van der Waals surface area contributed by atoms with Crippen LogP contribution in [0, 0.1) is 11.3 Å². The molecule has 1 aliphatic carbocycles. The monoisotopic (exact) mass is 384 g/mol. The van der Waals surface area contributed by atoms with Crippen LogP contribution in [0.3, 0.4) is 0 Å². The molecule has 26 heavy (non-hydrogen) atoms. The highest BCUT2D eigenvalue weighted by Crippen LogP contribution is 2.42. The second-order valence-corrected chi connectivity index (χ2v) is 9.92. The van der Waals surface area contributed by atoms with Crippen molar-refractivity contribution in [2.45, 2.75) is 45.2 Å². The van der Waals surface area contributed by atoms with Crippen LogP contribution in [0.4, 0.5) is 0 Å². The zero-order valence-electron chi connectivity index (χ0n) is 15.7. The van der Waals surface area contributed by atoms with Gasteiger partial charge < -0.3 is 0 Å². The van der Waals surface area contributed by atoms with Crippen LogP contribution in [-0.2, 0) is 12.8 Å². The molecule has 1 atom stereocenters. The molecule has 0 saturated carbocycles. The average Bonchev–Trinajstić information content (AvgIpc) is 2.99. The van der Waals surface area contributed by atoms with E-state index >= 15 is 0 Å². The lowest BCUT2D eigenvalue weighted by molar-refractivity contribution is 0.218.